The van der Waals surface area contributed by atoms with Crippen molar-refractivity contribution < 1.29 is 19.1 Å². The monoisotopic (exact) mass is 330 g/mol. The summed E-state index contributed by atoms with van der Waals surface area (Å²) >= 11 is 0. The molecular formula is C20H26O4. The van der Waals surface area contributed by atoms with E-state index in [1.807, 2.05) is 13.8 Å². The molecule has 130 valence electrons. The van der Waals surface area contributed by atoms with E-state index in [2.05, 4.69) is 19.7 Å². The maximum absolute atomic E-state index is 12.2. The largest absolute Gasteiger partial charge is 0.458 e. The van der Waals surface area contributed by atoms with Gasteiger partial charge < -0.3 is 9.47 Å². The highest BCUT2D eigenvalue weighted by Gasteiger charge is 2.53. The molecule has 4 nitrogen and oxygen atoms in total. The molecule has 0 aromatic heterocycles. The predicted octanol–water partition coefficient (Wildman–Crippen LogP) is 3.58. The zero-order chi connectivity index (χ0) is 17.6. The third-order valence-electron chi connectivity index (χ3n) is 6.02. The average molecular weight is 330 g/mol. The van der Waals surface area contributed by atoms with Gasteiger partial charge in [0.1, 0.15) is 12.2 Å². The number of carbonyl (C=O) groups excluding carboxylic acids is 2. The van der Waals surface area contributed by atoms with Crippen LogP contribution in [0.2, 0.25) is 0 Å². The third kappa shape index (κ3) is 2.62. The minimum Gasteiger partial charge on any atom is -0.458 e. The van der Waals surface area contributed by atoms with Crippen molar-refractivity contribution in [3.63, 3.8) is 0 Å². The number of hydrogen-bond acceptors (Lipinski definition) is 4. The van der Waals surface area contributed by atoms with E-state index in [0.717, 1.165) is 30.4 Å². The van der Waals surface area contributed by atoms with Gasteiger partial charge in [0.15, 0.2) is 0 Å². The molecule has 0 aromatic carbocycles. The minimum absolute atomic E-state index is 0.0185. The van der Waals surface area contributed by atoms with Gasteiger partial charge in [0.05, 0.1) is 5.92 Å². The van der Waals surface area contributed by atoms with E-state index in [0.29, 0.717) is 12.0 Å². The molecule has 0 radical (unpaired) electrons. The summed E-state index contributed by atoms with van der Waals surface area (Å²) in [6, 6.07) is 0. The number of ether oxygens (including phenoxy) is 2. The summed E-state index contributed by atoms with van der Waals surface area (Å²) in [5, 5.41) is 0. The highest BCUT2D eigenvalue weighted by atomic mass is 16.6. The molecule has 3 rings (SSSR count). The molecule has 3 aliphatic rings. The Hall–Kier alpha value is -1.84. The smallest absolute Gasteiger partial charge is 0.334 e. The fraction of sp³-hybridized carbons (Fsp3) is 0.600. The first-order chi connectivity index (χ1) is 11.3. The van der Waals surface area contributed by atoms with Crippen molar-refractivity contribution in [3.05, 3.63) is 36.5 Å². The van der Waals surface area contributed by atoms with Crippen molar-refractivity contribution >= 4 is 11.9 Å². The lowest BCUT2D eigenvalue weighted by atomic mass is 9.82. The normalized spacial score (nSPS) is 36.7. The van der Waals surface area contributed by atoms with Crippen LogP contribution in [0.25, 0.3) is 0 Å². The van der Waals surface area contributed by atoms with Crippen LogP contribution in [0.3, 0.4) is 0 Å². The van der Waals surface area contributed by atoms with Crippen LogP contribution in [0, 0.1) is 23.7 Å². The Morgan fingerprint density at radius 3 is 2.71 bits per heavy atom. The standard InChI is InChI=1S/C20H26O4/c1-6-10(2)19(21)23-16-9-15-11(3)7-8-14-12(4)20(22)24-18(14)17(15)13(16)5/h10,14-18H,3-9H2,1-2H3/t10-,14+,15+,16+,17+,18+/m1/s1. The Balaban J connectivity index is 1.83. The highest BCUT2D eigenvalue weighted by molar-refractivity contribution is 5.91. The summed E-state index contributed by atoms with van der Waals surface area (Å²) < 4.78 is 11.3. The number of carbonyl (C=O) groups is 2. The Labute approximate surface area is 143 Å². The predicted molar refractivity (Wildman–Crippen MR) is 91.0 cm³/mol. The van der Waals surface area contributed by atoms with Crippen LogP contribution < -0.4 is 0 Å². The Bertz CT molecular complexity index is 617. The molecule has 4 heteroatoms. The molecule has 0 unspecified atom stereocenters. The van der Waals surface area contributed by atoms with Crippen LogP contribution in [0.15, 0.2) is 36.5 Å². The van der Waals surface area contributed by atoms with Gasteiger partial charge >= 0.3 is 11.9 Å². The molecule has 0 amide bonds. The van der Waals surface area contributed by atoms with Crippen LogP contribution in [0.5, 0.6) is 0 Å². The zero-order valence-corrected chi connectivity index (χ0v) is 14.5. The summed E-state index contributed by atoms with van der Waals surface area (Å²) in [7, 11) is 0. The molecule has 1 heterocycles. The molecule has 6 atom stereocenters. The first-order valence-electron chi connectivity index (χ1n) is 8.81. The fourth-order valence-corrected chi connectivity index (χ4v) is 4.23. The SMILES string of the molecule is C=C1[C@@H]2[C@H]3OC(=O)C(=C)[C@@H]3CCC(=C)[C@@H]2C[C@@H]1OC(=O)[C@H](C)CC. The van der Waals surface area contributed by atoms with Crippen LogP contribution in [-0.2, 0) is 19.1 Å². The van der Waals surface area contributed by atoms with Gasteiger partial charge in [-0.25, -0.2) is 4.79 Å². The Morgan fingerprint density at radius 1 is 1.33 bits per heavy atom. The summed E-state index contributed by atoms with van der Waals surface area (Å²) in [4.78, 5) is 24.1. The molecule has 0 aromatic rings. The van der Waals surface area contributed by atoms with Crippen molar-refractivity contribution in [2.24, 2.45) is 23.7 Å². The lowest BCUT2D eigenvalue weighted by Crippen LogP contribution is -2.30. The van der Waals surface area contributed by atoms with Gasteiger partial charge in [-0.15, -0.1) is 0 Å². The van der Waals surface area contributed by atoms with E-state index in [-0.39, 0.29) is 47.8 Å². The third-order valence-corrected chi connectivity index (χ3v) is 6.02. The molecule has 24 heavy (non-hydrogen) atoms. The number of esters is 2. The van der Waals surface area contributed by atoms with E-state index in [1.165, 1.54) is 0 Å². The van der Waals surface area contributed by atoms with Crippen LogP contribution in [0.1, 0.15) is 39.5 Å². The maximum Gasteiger partial charge on any atom is 0.334 e. The molecule has 2 saturated carbocycles. The van der Waals surface area contributed by atoms with E-state index in [9.17, 15) is 9.59 Å². The van der Waals surface area contributed by atoms with Gasteiger partial charge in [-0.05, 0) is 37.2 Å². The number of rotatable bonds is 3. The number of allylic oxidation sites excluding steroid dienone is 1. The summed E-state index contributed by atoms with van der Waals surface area (Å²) in [6.07, 6.45) is 2.57. The number of hydrogen-bond donors (Lipinski definition) is 0. The molecule has 0 N–H and O–H groups in total. The van der Waals surface area contributed by atoms with Crippen molar-refractivity contribution in [1.29, 1.82) is 0 Å². The summed E-state index contributed by atoms with van der Waals surface area (Å²) in [5.41, 5.74) is 2.56. The number of fused-ring (bicyclic) bond motifs is 3. The van der Waals surface area contributed by atoms with Crippen molar-refractivity contribution in [3.8, 4) is 0 Å². The van der Waals surface area contributed by atoms with Crippen LogP contribution in [0.4, 0.5) is 0 Å². The van der Waals surface area contributed by atoms with Gasteiger partial charge in [0, 0.05) is 17.4 Å². The zero-order valence-electron chi connectivity index (χ0n) is 14.5. The quantitative estimate of drug-likeness (QED) is 0.451. The van der Waals surface area contributed by atoms with Crippen LogP contribution in [-0.4, -0.2) is 24.1 Å². The second-order valence-electron chi connectivity index (χ2n) is 7.38. The van der Waals surface area contributed by atoms with E-state index in [1.54, 1.807) is 0 Å². The second-order valence-corrected chi connectivity index (χ2v) is 7.38. The first kappa shape index (κ1) is 17.0. The first-order valence-corrected chi connectivity index (χ1v) is 8.81. The van der Waals surface area contributed by atoms with Gasteiger partial charge in [0.2, 0.25) is 0 Å². The molecule has 1 aliphatic heterocycles. The van der Waals surface area contributed by atoms with E-state index in [4.69, 9.17) is 9.47 Å². The maximum atomic E-state index is 12.2. The van der Waals surface area contributed by atoms with Gasteiger partial charge in [0.25, 0.3) is 0 Å². The van der Waals surface area contributed by atoms with E-state index < -0.39 is 0 Å². The Kier molecular flexibility index (Phi) is 4.41. The van der Waals surface area contributed by atoms with Crippen molar-refractivity contribution in [1.82, 2.24) is 0 Å². The molecule has 3 fully saturated rings. The van der Waals surface area contributed by atoms with Crippen molar-refractivity contribution in [2.75, 3.05) is 0 Å². The molecule has 0 bridgehead atoms. The molecule has 2 aliphatic carbocycles. The fourth-order valence-electron chi connectivity index (χ4n) is 4.23. The topological polar surface area (TPSA) is 52.6 Å². The van der Waals surface area contributed by atoms with Gasteiger partial charge in [-0.1, -0.05) is 39.2 Å². The molecule has 1 saturated heterocycles. The lowest BCUT2D eigenvalue weighted by molar-refractivity contribution is -0.151. The Morgan fingerprint density at radius 2 is 2.04 bits per heavy atom. The molecule has 0 spiro atoms. The lowest BCUT2D eigenvalue weighted by Gasteiger charge is -2.26. The summed E-state index contributed by atoms with van der Waals surface area (Å²) in [6.45, 7) is 16.2. The second kappa shape index (κ2) is 6.23. The highest BCUT2D eigenvalue weighted by Crippen LogP contribution is 2.52. The molecular weight excluding hydrogens is 304 g/mol. The summed E-state index contributed by atoms with van der Waals surface area (Å²) in [5.74, 6) is -0.462. The minimum atomic E-state index is -0.315. The van der Waals surface area contributed by atoms with Gasteiger partial charge in [-0.3, -0.25) is 4.79 Å². The average Bonchev–Trinajstić information content (AvgIpc) is 2.97. The van der Waals surface area contributed by atoms with Crippen molar-refractivity contribution in [2.45, 2.75) is 51.7 Å². The van der Waals surface area contributed by atoms with E-state index >= 15 is 0 Å². The van der Waals surface area contributed by atoms with Gasteiger partial charge in [-0.2, -0.15) is 0 Å². The van der Waals surface area contributed by atoms with Crippen LogP contribution >= 0.6 is 0 Å².